The van der Waals surface area contributed by atoms with Gasteiger partial charge in [-0.05, 0) is 49.9 Å². The first kappa shape index (κ1) is 40.3. The smallest absolute Gasteiger partial charge is 0.343 e. The number of aromatic nitrogens is 10. The van der Waals surface area contributed by atoms with Crippen LogP contribution in [0.25, 0.3) is 23.0 Å². The van der Waals surface area contributed by atoms with E-state index in [1.165, 1.54) is 51.7 Å². The predicted molar refractivity (Wildman–Crippen MR) is 220 cm³/mol. The Balaban J connectivity index is 1.28. The number of methoxy groups -OCH3 is 2. The highest BCUT2D eigenvalue weighted by molar-refractivity contribution is 5.94. The lowest BCUT2D eigenvalue weighted by molar-refractivity contribution is 0.0592. The number of esters is 2. The number of carbonyl (C=O) groups excluding carboxylic acids is 2. The lowest BCUT2D eigenvalue weighted by Gasteiger charge is -2.07. The second-order valence-electron chi connectivity index (χ2n) is 13.3. The average molecular weight is 811 g/mol. The third kappa shape index (κ3) is 8.10. The number of nitrogens with two attached hydrogens (primary N) is 2. The van der Waals surface area contributed by atoms with Crippen molar-refractivity contribution >= 4 is 46.6 Å². The number of unbranched alkanes of at least 4 members (excludes halogenated alkanes) is 2. The van der Waals surface area contributed by atoms with Gasteiger partial charge in [0.2, 0.25) is 0 Å². The van der Waals surface area contributed by atoms with E-state index in [4.69, 9.17) is 31.1 Å². The molecule has 306 valence electrons. The SMILES string of the molecule is CCCCc1nn(-c2cc(-n3nc(CCCC)c(N=Nc4c(C(=O)OC)cnn4-c4ccccc4)c3N)ncn2)c(N)c1N=Nc1c(C(=O)OC)cnn1-c1ccccc1. The van der Waals surface area contributed by atoms with Crippen molar-refractivity contribution in [1.29, 1.82) is 0 Å². The summed E-state index contributed by atoms with van der Waals surface area (Å²) < 4.78 is 15.9. The zero-order valence-electron chi connectivity index (χ0n) is 33.4. The molecular formula is C40H42N16O4. The molecule has 0 aliphatic carbocycles. The van der Waals surface area contributed by atoms with Crippen molar-refractivity contribution in [3.63, 3.8) is 0 Å². The second-order valence-corrected chi connectivity index (χ2v) is 13.3. The number of rotatable bonds is 16. The molecule has 0 bridgehead atoms. The van der Waals surface area contributed by atoms with Gasteiger partial charge in [0.15, 0.2) is 46.3 Å². The largest absolute Gasteiger partial charge is 0.465 e. The summed E-state index contributed by atoms with van der Waals surface area (Å²) in [5.41, 5.74) is 16.8. The lowest BCUT2D eigenvalue weighted by Crippen LogP contribution is -2.09. The van der Waals surface area contributed by atoms with E-state index in [9.17, 15) is 9.59 Å². The molecule has 7 rings (SSSR count). The van der Waals surface area contributed by atoms with Crippen LogP contribution in [0.4, 0.5) is 34.6 Å². The summed E-state index contributed by atoms with van der Waals surface area (Å²) in [6.07, 6.45) is 8.50. The van der Waals surface area contributed by atoms with Gasteiger partial charge >= 0.3 is 11.9 Å². The van der Waals surface area contributed by atoms with Gasteiger partial charge in [-0.25, -0.2) is 28.9 Å². The van der Waals surface area contributed by atoms with E-state index in [0.29, 0.717) is 58.6 Å². The monoisotopic (exact) mass is 810 g/mol. The molecule has 0 fully saturated rings. The minimum absolute atomic E-state index is 0.117. The molecule has 0 unspecified atom stereocenters. The first-order valence-electron chi connectivity index (χ1n) is 19.1. The van der Waals surface area contributed by atoms with Crippen molar-refractivity contribution in [3.05, 3.63) is 108 Å². The first-order chi connectivity index (χ1) is 29.3. The van der Waals surface area contributed by atoms with Crippen LogP contribution in [0.15, 0.2) is 106 Å². The number of azo groups is 2. The fourth-order valence-electron chi connectivity index (χ4n) is 6.20. The molecule has 0 spiro atoms. The van der Waals surface area contributed by atoms with Crippen LogP contribution >= 0.6 is 0 Å². The molecule has 20 heteroatoms. The Kier molecular flexibility index (Phi) is 12.2. The van der Waals surface area contributed by atoms with Gasteiger partial charge in [0.1, 0.15) is 17.5 Å². The van der Waals surface area contributed by atoms with E-state index >= 15 is 0 Å². The van der Waals surface area contributed by atoms with Crippen LogP contribution in [0.2, 0.25) is 0 Å². The van der Waals surface area contributed by atoms with Crippen molar-refractivity contribution < 1.29 is 19.1 Å². The molecular weight excluding hydrogens is 769 g/mol. The highest BCUT2D eigenvalue weighted by Gasteiger charge is 2.24. The van der Waals surface area contributed by atoms with Crippen molar-refractivity contribution in [2.45, 2.75) is 52.4 Å². The lowest BCUT2D eigenvalue weighted by atomic mass is 10.2. The van der Waals surface area contributed by atoms with Gasteiger partial charge in [-0.3, -0.25) is 0 Å². The number of carbonyl (C=O) groups is 2. The van der Waals surface area contributed by atoms with Gasteiger partial charge < -0.3 is 20.9 Å². The van der Waals surface area contributed by atoms with Gasteiger partial charge in [0, 0.05) is 6.07 Å². The number of benzene rings is 2. The maximum atomic E-state index is 12.7. The number of hydrogen-bond acceptors (Lipinski definition) is 16. The van der Waals surface area contributed by atoms with Crippen molar-refractivity contribution in [1.82, 2.24) is 49.1 Å². The maximum Gasteiger partial charge on any atom is 0.343 e. The first-order valence-corrected chi connectivity index (χ1v) is 19.1. The number of nitrogens with zero attached hydrogens (tertiary/aromatic N) is 14. The Morgan fingerprint density at radius 1 is 0.617 bits per heavy atom. The Morgan fingerprint density at radius 3 is 1.42 bits per heavy atom. The van der Waals surface area contributed by atoms with Crippen LogP contribution in [0.3, 0.4) is 0 Å². The summed E-state index contributed by atoms with van der Waals surface area (Å²) in [6.45, 7) is 4.12. The molecule has 20 nitrogen and oxygen atoms in total. The normalized spacial score (nSPS) is 11.5. The fraction of sp³-hybridized carbons (Fsp3) is 0.250. The van der Waals surface area contributed by atoms with Gasteiger partial charge in [-0.15, -0.1) is 20.5 Å². The minimum Gasteiger partial charge on any atom is -0.465 e. The van der Waals surface area contributed by atoms with Gasteiger partial charge in [-0.2, -0.15) is 29.8 Å². The Labute approximate surface area is 343 Å². The zero-order valence-corrected chi connectivity index (χ0v) is 33.4. The third-order valence-corrected chi connectivity index (χ3v) is 9.33. The van der Waals surface area contributed by atoms with E-state index in [-0.39, 0.29) is 34.4 Å². The molecule has 0 saturated carbocycles. The summed E-state index contributed by atoms with van der Waals surface area (Å²) in [4.78, 5) is 34.4. The summed E-state index contributed by atoms with van der Waals surface area (Å²) in [5, 5.41) is 36.4. The Hall–Kier alpha value is -7.90. The second kappa shape index (κ2) is 18.1. The van der Waals surface area contributed by atoms with Crippen LogP contribution in [0.1, 0.15) is 71.6 Å². The molecule has 0 radical (unpaired) electrons. The van der Waals surface area contributed by atoms with E-state index in [2.05, 4.69) is 54.5 Å². The molecule has 2 aromatic carbocycles. The number of ether oxygens (including phenoxy) is 2. The molecule has 5 heterocycles. The summed E-state index contributed by atoms with van der Waals surface area (Å²) >= 11 is 0. The minimum atomic E-state index is -0.625. The van der Waals surface area contributed by atoms with Crippen LogP contribution in [-0.4, -0.2) is 75.2 Å². The Morgan fingerprint density at radius 2 is 1.03 bits per heavy atom. The van der Waals surface area contributed by atoms with Crippen molar-refractivity contribution in [3.8, 4) is 23.0 Å². The standard InChI is InChI=1S/C40H42N16O4/c1-5-7-19-29-33(47-49-37-27(39(57)59-3)22-45-53(37)25-15-11-9-12-16-25)35(41)55(51-29)31-21-32(44-24-43-31)56-36(42)34(30(52-56)20-8-6-2)48-50-38-28(40(58)60-4)23-46-54(38)26-17-13-10-14-18-26/h9-18,21-24H,5-8,19-20,41-42H2,1-4H3. The molecule has 0 amide bonds. The number of hydrogen-bond donors (Lipinski definition) is 2. The van der Waals surface area contributed by atoms with Crippen molar-refractivity contribution in [2.24, 2.45) is 20.5 Å². The number of aryl methyl sites for hydroxylation is 2. The number of nitrogen functional groups attached to an aromatic ring is 2. The fourth-order valence-corrected chi connectivity index (χ4v) is 6.20. The van der Waals surface area contributed by atoms with Gasteiger partial charge in [0.25, 0.3) is 0 Å². The molecule has 0 aliphatic rings. The van der Waals surface area contributed by atoms with Crippen LogP contribution in [0, 0.1) is 0 Å². The van der Waals surface area contributed by atoms with Crippen LogP contribution in [-0.2, 0) is 22.3 Å². The van der Waals surface area contributed by atoms with E-state index < -0.39 is 11.9 Å². The third-order valence-electron chi connectivity index (χ3n) is 9.33. The van der Waals surface area contributed by atoms with Crippen LogP contribution < -0.4 is 11.5 Å². The summed E-state index contributed by atoms with van der Waals surface area (Å²) in [5.74, 6) is -0.0751. The quantitative estimate of drug-likeness (QED) is 0.0712. The van der Waals surface area contributed by atoms with Gasteiger partial charge in [0.05, 0.1) is 49.4 Å². The van der Waals surface area contributed by atoms with Crippen molar-refractivity contribution in [2.75, 3.05) is 25.7 Å². The van der Waals surface area contributed by atoms with Gasteiger partial charge in [-0.1, -0.05) is 63.1 Å². The highest BCUT2D eigenvalue weighted by atomic mass is 16.5. The zero-order chi connectivity index (χ0) is 42.2. The number of anilines is 2. The predicted octanol–water partition coefficient (Wildman–Crippen LogP) is 7.47. The summed E-state index contributed by atoms with van der Waals surface area (Å²) in [7, 11) is 2.56. The van der Waals surface area contributed by atoms with E-state index in [1.54, 1.807) is 6.07 Å². The van der Waals surface area contributed by atoms with Crippen LogP contribution in [0.5, 0.6) is 0 Å². The molecule has 60 heavy (non-hydrogen) atoms. The molecule has 0 saturated heterocycles. The molecule has 0 aliphatic heterocycles. The molecule has 0 atom stereocenters. The molecule has 4 N–H and O–H groups in total. The van der Waals surface area contributed by atoms with E-state index in [0.717, 1.165) is 25.7 Å². The maximum absolute atomic E-state index is 12.7. The Bertz CT molecular complexity index is 2500. The average Bonchev–Trinajstić information content (AvgIpc) is 4.06. The number of para-hydroxylation sites is 2. The topological polar surface area (TPSA) is 251 Å². The van der Waals surface area contributed by atoms with E-state index in [1.807, 2.05) is 60.7 Å². The highest BCUT2D eigenvalue weighted by Crippen LogP contribution is 2.36. The molecule has 5 aromatic heterocycles. The molecule has 7 aromatic rings. The summed E-state index contributed by atoms with van der Waals surface area (Å²) in [6, 6.07) is 20.0.